The Bertz CT molecular complexity index is 176. The highest BCUT2D eigenvalue weighted by atomic mass is 16.7. The molecular weight excluding hydrogens is 128 g/mol. The molecule has 0 aromatic rings. The molecular formula is C8H10O2. The third-order valence-corrected chi connectivity index (χ3v) is 1.72. The van der Waals surface area contributed by atoms with Crippen LogP contribution in [-0.2, 0) is 9.47 Å². The molecule has 0 aromatic heterocycles. The Morgan fingerprint density at radius 2 is 2.10 bits per heavy atom. The van der Waals surface area contributed by atoms with E-state index in [1.807, 2.05) is 6.08 Å². The average Bonchev–Trinajstić information content (AvgIpc) is 2.59. The molecule has 0 aromatic carbocycles. The Labute approximate surface area is 60.1 Å². The predicted octanol–water partition coefficient (Wildman–Crippen LogP) is 1.25. The zero-order valence-electron chi connectivity index (χ0n) is 5.75. The van der Waals surface area contributed by atoms with Gasteiger partial charge in [-0.3, -0.25) is 0 Å². The maximum absolute atomic E-state index is 5.31. The van der Waals surface area contributed by atoms with E-state index in [0.29, 0.717) is 0 Å². The number of allylic oxidation sites excluding steroid dienone is 3. The van der Waals surface area contributed by atoms with Gasteiger partial charge in [-0.25, -0.2) is 0 Å². The molecule has 0 unspecified atom stereocenters. The van der Waals surface area contributed by atoms with Gasteiger partial charge in [-0.2, -0.15) is 0 Å². The minimum atomic E-state index is -0.0463. The lowest BCUT2D eigenvalue weighted by molar-refractivity contribution is -0.0120. The molecule has 2 rings (SSSR count). The molecule has 0 spiro atoms. The summed E-state index contributed by atoms with van der Waals surface area (Å²) in [6, 6.07) is 0. The van der Waals surface area contributed by atoms with Gasteiger partial charge in [-0.1, -0.05) is 18.2 Å². The summed E-state index contributed by atoms with van der Waals surface area (Å²) in [6.45, 7) is 1.48. The van der Waals surface area contributed by atoms with E-state index in [4.69, 9.17) is 9.47 Å². The second-order valence-corrected chi connectivity index (χ2v) is 2.45. The molecule has 0 N–H and O–H groups in total. The van der Waals surface area contributed by atoms with Crippen molar-refractivity contribution in [2.75, 3.05) is 13.2 Å². The lowest BCUT2D eigenvalue weighted by Crippen LogP contribution is -2.09. The second-order valence-electron chi connectivity index (χ2n) is 2.45. The van der Waals surface area contributed by atoms with Crippen LogP contribution in [0.1, 0.15) is 6.42 Å². The summed E-state index contributed by atoms with van der Waals surface area (Å²) in [6.07, 6.45) is 7.16. The summed E-state index contributed by atoms with van der Waals surface area (Å²) in [7, 11) is 0. The van der Waals surface area contributed by atoms with Gasteiger partial charge in [0.2, 0.25) is 0 Å². The van der Waals surface area contributed by atoms with Crippen LogP contribution in [0.3, 0.4) is 0 Å². The van der Waals surface area contributed by atoms with E-state index < -0.39 is 0 Å². The largest absolute Gasteiger partial charge is 0.346 e. The Morgan fingerprint density at radius 3 is 2.70 bits per heavy atom. The van der Waals surface area contributed by atoms with Crippen LogP contribution in [0, 0.1) is 0 Å². The van der Waals surface area contributed by atoms with Gasteiger partial charge in [0.1, 0.15) is 0 Å². The summed E-state index contributed by atoms with van der Waals surface area (Å²) in [5, 5.41) is 0. The first-order valence-electron chi connectivity index (χ1n) is 3.55. The number of ether oxygens (including phenoxy) is 2. The van der Waals surface area contributed by atoms with Crippen molar-refractivity contribution in [1.82, 2.24) is 0 Å². The smallest absolute Gasteiger partial charge is 0.180 e. The lowest BCUT2D eigenvalue weighted by Gasteiger charge is -2.08. The Kier molecular flexibility index (Phi) is 1.57. The van der Waals surface area contributed by atoms with Crippen molar-refractivity contribution >= 4 is 0 Å². The summed E-state index contributed by atoms with van der Waals surface area (Å²) >= 11 is 0. The first-order chi connectivity index (χ1) is 4.97. The molecule has 0 radical (unpaired) electrons. The highest BCUT2D eigenvalue weighted by molar-refractivity contribution is 5.24. The van der Waals surface area contributed by atoms with Gasteiger partial charge in [0.05, 0.1) is 13.2 Å². The Balaban J connectivity index is 1.99. The van der Waals surface area contributed by atoms with E-state index in [0.717, 1.165) is 19.6 Å². The van der Waals surface area contributed by atoms with Crippen molar-refractivity contribution in [3.8, 4) is 0 Å². The fourth-order valence-corrected chi connectivity index (χ4v) is 1.21. The molecule has 2 nitrogen and oxygen atoms in total. The topological polar surface area (TPSA) is 18.5 Å². The molecule has 1 aliphatic heterocycles. The van der Waals surface area contributed by atoms with Crippen molar-refractivity contribution < 1.29 is 9.47 Å². The van der Waals surface area contributed by atoms with Gasteiger partial charge in [0, 0.05) is 0 Å². The zero-order chi connectivity index (χ0) is 6.81. The van der Waals surface area contributed by atoms with Gasteiger partial charge < -0.3 is 9.47 Å². The number of hydrogen-bond acceptors (Lipinski definition) is 2. The normalized spacial score (nSPS) is 25.8. The molecule has 0 bridgehead atoms. The van der Waals surface area contributed by atoms with Crippen LogP contribution in [0.5, 0.6) is 0 Å². The maximum atomic E-state index is 5.31. The van der Waals surface area contributed by atoms with Gasteiger partial charge in [-0.05, 0) is 12.0 Å². The fourth-order valence-electron chi connectivity index (χ4n) is 1.21. The van der Waals surface area contributed by atoms with E-state index in [-0.39, 0.29) is 6.29 Å². The van der Waals surface area contributed by atoms with Crippen LogP contribution in [0.4, 0.5) is 0 Å². The van der Waals surface area contributed by atoms with Crippen molar-refractivity contribution in [3.63, 3.8) is 0 Å². The number of rotatable bonds is 1. The standard InChI is InChI=1S/C8H10O2/c1-2-4-7(3-1)8-9-5-6-10-8/h1-3,8H,4-6H2. The van der Waals surface area contributed by atoms with Gasteiger partial charge >= 0.3 is 0 Å². The molecule has 2 aliphatic rings. The minimum Gasteiger partial charge on any atom is -0.346 e. The molecule has 1 aliphatic carbocycles. The molecule has 54 valence electrons. The highest BCUT2D eigenvalue weighted by Crippen LogP contribution is 2.20. The molecule has 1 heterocycles. The van der Waals surface area contributed by atoms with Crippen molar-refractivity contribution in [2.45, 2.75) is 12.7 Å². The average molecular weight is 138 g/mol. The molecule has 10 heavy (non-hydrogen) atoms. The molecule has 1 saturated heterocycles. The van der Waals surface area contributed by atoms with Crippen molar-refractivity contribution in [1.29, 1.82) is 0 Å². The van der Waals surface area contributed by atoms with Gasteiger partial charge in [0.25, 0.3) is 0 Å². The first kappa shape index (κ1) is 6.13. The van der Waals surface area contributed by atoms with Crippen LogP contribution in [0.25, 0.3) is 0 Å². The van der Waals surface area contributed by atoms with Crippen molar-refractivity contribution in [3.05, 3.63) is 23.8 Å². The lowest BCUT2D eigenvalue weighted by atomic mass is 10.2. The predicted molar refractivity (Wildman–Crippen MR) is 37.5 cm³/mol. The summed E-state index contributed by atoms with van der Waals surface area (Å²) in [4.78, 5) is 0. The van der Waals surface area contributed by atoms with E-state index >= 15 is 0 Å². The Hall–Kier alpha value is -0.600. The summed E-state index contributed by atoms with van der Waals surface area (Å²) in [5.74, 6) is 0. The molecule has 1 fully saturated rings. The fraction of sp³-hybridized carbons (Fsp3) is 0.500. The third kappa shape index (κ3) is 1.00. The van der Waals surface area contributed by atoms with Crippen LogP contribution in [0.15, 0.2) is 23.8 Å². The van der Waals surface area contributed by atoms with Crippen LogP contribution < -0.4 is 0 Å². The van der Waals surface area contributed by atoms with Crippen LogP contribution in [0.2, 0.25) is 0 Å². The second kappa shape index (κ2) is 2.56. The highest BCUT2D eigenvalue weighted by Gasteiger charge is 2.20. The SMILES string of the molecule is C1=CCC(C2OCCO2)=C1. The maximum Gasteiger partial charge on any atom is 0.180 e. The molecule has 0 saturated carbocycles. The molecule has 0 atom stereocenters. The summed E-state index contributed by atoms with van der Waals surface area (Å²) < 4.78 is 10.6. The monoisotopic (exact) mass is 138 g/mol. The van der Waals surface area contributed by atoms with Gasteiger partial charge in [0.15, 0.2) is 6.29 Å². The third-order valence-electron chi connectivity index (χ3n) is 1.72. The quantitative estimate of drug-likeness (QED) is 0.542. The minimum absolute atomic E-state index is 0.0463. The van der Waals surface area contributed by atoms with Crippen LogP contribution >= 0.6 is 0 Å². The zero-order valence-corrected chi connectivity index (χ0v) is 5.75. The molecule has 0 amide bonds. The van der Waals surface area contributed by atoms with Crippen LogP contribution in [-0.4, -0.2) is 19.5 Å². The first-order valence-corrected chi connectivity index (χ1v) is 3.55. The Morgan fingerprint density at radius 1 is 1.30 bits per heavy atom. The van der Waals surface area contributed by atoms with Gasteiger partial charge in [-0.15, -0.1) is 0 Å². The van der Waals surface area contributed by atoms with Crippen molar-refractivity contribution in [2.24, 2.45) is 0 Å². The summed E-state index contributed by atoms with van der Waals surface area (Å²) in [5.41, 5.74) is 1.25. The molecule has 2 heteroatoms. The van der Waals surface area contributed by atoms with E-state index in [9.17, 15) is 0 Å². The van der Waals surface area contributed by atoms with E-state index in [1.54, 1.807) is 0 Å². The van der Waals surface area contributed by atoms with E-state index in [2.05, 4.69) is 12.2 Å². The van der Waals surface area contributed by atoms with E-state index in [1.165, 1.54) is 5.57 Å². The number of hydrogen-bond donors (Lipinski definition) is 0.